The van der Waals surface area contributed by atoms with Crippen LogP contribution < -0.4 is 5.73 Å². The van der Waals surface area contributed by atoms with Crippen LogP contribution in [0.1, 0.15) is 30.3 Å². The molecule has 2 atom stereocenters. The molecule has 1 aromatic rings. The number of amides is 1. The first-order valence-corrected chi connectivity index (χ1v) is 6.24. The predicted molar refractivity (Wildman–Crippen MR) is 62.2 cm³/mol. The van der Waals surface area contributed by atoms with Crippen molar-refractivity contribution in [1.82, 2.24) is 13.6 Å². The molecule has 5 nitrogen and oxygen atoms in total. The fraction of sp³-hybridized carbons (Fsp3) is 0.700. The Hall–Kier alpha value is -1.01. The maximum Gasteiger partial charge on any atom is 0.275 e. The van der Waals surface area contributed by atoms with Crippen LogP contribution in [0.2, 0.25) is 0 Å². The van der Waals surface area contributed by atoms with Crippen molar-refractivity contribution in [3.63, 3.8) is 0 Å². The molecule has 2 N–H and O–H groups in total. The first-order chi connectivity index (χ1) is 7.68. The topological polar surface area (TPSA) is 72.1 Å². The van der Waals surface area contributed by atoms with Gasteiger partial charge in [0.25, 0.3) is 5.91 Å². The number of nitrogens with zero attached hydrogens (tertiary/aromatic N) is 3. The highest BCUT2D eigenvalue weighted by molar-refractivity contribution is 6.99. The highest BCUT2D eigenvalue weighted by atomic mass is 32.1. The number of hydrogen-bond donors (Lipinski definition) is 1. The summed E-state index contributed by atoms with van der Waals surface area (Å²) in [7, 11) is 0. The summed E-state index contributed by atoms with van der Waals surface area (Å²) in [6, 6.07) is 0.143. The summed E-state index contributed by atoms with van der Waals surface area (Å²) in [5.41, 5.74) is 6.34. The average molecular weight is 240 g/mol. The monoisotopic (exact) mass is 240 g/mol. The predicted octanol–water partition coefficient (Wildman–Crippen LogP) is 0.737. The van der Waals surface area contributed by atoms with Crippen molar-refractivity contribution in [2.75, 3.05) is 13.1 Å². The number of carbonyl (C=O) groups excluding carboxylic acids is 1. The summed E-state index contributed by atoms with van der Waals surface area (Å²) >= 11 is 1.07. The maximum absolute atomic E-state index is 12.0. The van der Waals surface area contributed by atoms with Gasteiger partial charge in [0.1, 0.15) is 0 Å². The van der Waals surface area contributed by atoms with E-state index in [4.69, 9.17) is 5.73 Å². The minimum atomic E-state index is -0.0147. The van der Waals surface area contributed by atoms with Crippen molar-refractivity contribution in [3.8, 4) is 0 Å². The third-order valence-electron chi connectivity index (χ3n) is 3.07. The van der Waals surface area contributed by atoms with Gasteiger partial charge in [-0.25, -0.2) is 0 Å². The average Bonchev–Trinajstić information content (AvgIpc) is 2.81. The Morgan fingerprint density at radius 2 is 2.56 bits per heavy atom. The number of carbonyl (C=O) groups is 1. The smallest absolute Gasteiger partial charge is 0.275 e. The molecule has 0 radical (unpaired) electrons. The minimum Gasteiger partial charge on any atom is -0.337 e. The Labute approximate surface area is 99.0 Å². The lowest BCUT2D eigenvalue weighted by Crippen LogP contribution is -2.45. The van der Waals surface area contributed by atoms with E-state index in [1.165, 1.54) is 6.20 Å². The second-order valence-electron chi connectivity index (χ2n) is 4.31. The van der Waals surface area contributed by atoms with Crippen LogP contribution in [-0.2, 0) is 0 Å². The Balaban J connectivity index is 2.02. The van der Waals surface area contributed by atoms with Gasteiger partial charge in [0, 0.05) is 19.1 Å². The number of aromatic nitrogens is 2. The van der Waals surface area contributed by atoms with E-state index in [-0.39, 0.29) is 11.9 Å². The molecule has 1 fully saturated rings. The van der Waals surface area contributed by atoms with Gasteiger partial charge in [0.2, 0.25) is 0 Å². The molecule has 0 aromatic carbocycles. The first-order valence-electron chi connectivity index (χ1n) is 5.51. The van der Waals surface area contributed by atoms with E-state index in [9.17, 15) is 4.79 Å². The first kappa shape index (κ1) is 11.5. The third kappa shape index (κ3) is 2.38. The highest BCUT2D eigenvalue weighted by Gasteiger charge is 2.27. The van der Waals surface area contributed by atoms with Crippen LogP contribution in [0, 0.1) is 5.92 Å². The van der Waals surface area contributed by atoms with Crippen LogP contribution in [0.15, 0.2) is 6.20 Å². The molecular weight excluding hydrogens is 224 g/mol. The minimum absolute atomic E-state index is 0.0147. The molecule has 0 saturated carbocycles. The van der Waals surface area contributed by atoms with Crippen LogP contribution in [0.3, 0.4) is 0 Å². The van der Waals surface area contributed by atoms with E-state index >= 15 is 0 Å². The van der Waals surface area contributed by atoms with Crippen molar-refractivity contribution in [3.05, 3.63) is 11.9 Å². The van der Waals surface area contributed by atoms with Gasteiger partial charge in [-0.3, -0.25) is 4.79 Å². The molecule has 1 saturated heterocycles. The van der Waals surface area contributed by atoms with Gasteiger partial charge in [-0.2, -0.15) is 8.75 Å². The second-order valence-corrected chi connectivity index (χ2v) is 4.86. The number of likely N-dealkylation sites (tertiary alicyclic amines) is 1. The van der Waals surface area contributed by atoms with Gasteiger partial charge in [0.05, 0.1) is 17.9 Å². The maximum atomic E-state index is 12.0. The van der Waals surface area contributed by atoms with Crippen molar-refractivity contribution < 1.29 is 4.79 Å². The molecule has 2 rings (SSSR count). The van der Waals surface area contributed by atoms with Crippen LogP contribution in [0.25, 0.3) is 0 Å². The number of rotatable bonds is 2. The Morgan fingerprint density at radius 1 is 1.75 bits per heavy atom. The van der Waals surface area contributed by atoms with Gasteiger partial charge in [-0.1, -0.05) is 0 Å². The van der Waals surface area contributed by atoms with Crippen LogP contribution in [0.5, 0.6) is 0 Å². The highest BCUT2D eigenvalue weighted by Crippen LogP contribution is 2.20. The van der Waals surface area contributed by atoms with Crippen molar-refractivity contribution >= 4 is 17.6 Å². The summed E-state index contributed by atoms with van der Waals surface area (Å²) in [6.07, 6.45) is 3.66. The molecule has 2 unspecified atom stereocenters. The summed E-state index contributed by atoms with van der Waals surface area (Å²) in [6.45, 7) is 3.55. The fourth-order valence-corrected chi connectivity index (χ4v) is 2.45. The van der Waals surface area contributed by atoms with E-state index in [0.29, 0.717) is 11.6 Å². The molecule has 0 aliphatic carbocycles. The molecule has 6 heteroatoms. The lowest BCUT2D eigenvalue weighted by Gasteiger charge is -2.34. The summed E-state index contributed by atoms with van der Waals surface area (Å²) < 4.78 is 7.82. The Kier molecular flexibility index (Phi) is 3.50. The molecule has 0 spiro atoms. The zero-order valence-electron chi connectivity index (χ0n) is 9.30. The van der Waals surface area contributed by atoms with Gasteiger partial charge in [0.15, 0.2) is 5.69 Å². The summed E-state index contributed by atoms with van der Waals surface area (Å²) in [5.74, 6) is 0.392. The van der Waals surface area contributed by atoms with E-state index in [0.717, 1.165) is 37.7 Å². The molecule has 1 aliphatic heterocycles. The standard InChI is InChI=1S/C10H16N4OS/c1-7(11)8-3-2-4-14(6-8)10(15)9-5-12-16-13-9/h5,7-8H,2-4,6,11H2,1H3. The van der Waals surface area contributed by atoms with Crippen molar-refractivity contribution in [2.45, 2.75) is 25.8 Å². The normalized spacial score (nSPS) is 23.1. The van der Waals surface area contributed by atoms with Crippen molar-refractivity contribution in [1.29, 1.82) is 0 Å². The van der Waals surface area contributed by atoms with Crippen LogP contribution in [0.4, 0.5) is 0 Å². The Morgan fingerprint density at radius 3 is 3.19 bits per heavy atom. The number of nitrogens with two attached hydrogens (primary N) is 1. The molecule has 88 valence electrons. The number of piperidine rings is 1. The van der Waals surface area contributed by atoms with Crippen LogP contribution in [-0.4, -0.2) is 38.7 Å². The molecule has 0 bridgehead atoms. The van der Waals surface area contributed by atoms with E-state index in [1.807, 2.05) is 11.8 Å². The number of hydrogen-bond acceptors (Lipinski definition) is 5. The molecule has 2 heterocycles. The van der Waals surface area contributed by atoms with Gasteiger partial charge in [-0.05, 0) is 25.7 Å². The zero-order valence-corrected chi connectivity index (χ0v) is 10.1. The summed E-state index contributed by atoms with van der Waals surface area (Å²) in [4.78, 5) is 13.9. The fourth-order valence-electron chi connectivity index (χ4n) is 2.04. The molecule has 1 amide bonds. The van der Waals surface area contributed by atoms with Gasteiger partial charge in [-0.15, -0.1) is 0 Å². The quantitative estimate of drug-likeness (QED) is 0.827. The zero-order chi connectivity index (χ0) is 11.5. The molecule has 1 aromatic heterocycles. The van der Waals surface area contributed by atoms with E-state index in [2.05, 4.69) is 8.75 Å². The van der Waals surface area contributed by atoms with Gasteiger partial charge < -0.3 is 10.6 Å². The largest absolute Gasteiger partial charge is 0.337 e. The SMILES string of the molecule is CC(N)C1CCCN(C(=O)c2cnsn2)C1. The van der Waals surface area contributed by atoms with Crippen molar-refractivity contribution in [2.24, 2.45) is 11.7 Å². The Bertz CT molecular complexity index is 352. The lowest BCUT2D eigenvalue weighted by molar-refractivity contribution is 0.0656. The van der Waals surface area contributed by atoms with E-state index < -0.39 is 0 Å². The summed E-state index contributed by atoms with van der Waals surface area (Å²) in [5, 5.41) is 0. The van der Waals surface area contributed by atoms with E-state index in [1.54, 1.807) is 0 Å². The molecule has 16 heavy (non-hydrogen) atoms. The molecule has 1 aliphatic rings. The third-order valence-corrected chi connectivity index (χ3v) is 3.55. The van der Waals surface area contributed by atoms with Crippen LogP contribution >= 0.6 is 11.7 Å². The molecular formula is C10H16N4OS. The van der Waals surface area contributed by atoms with Gasteiger partial charge >= 0.3 is 0 Å². The second kappa shape index (κ2) is 4.88. The lowest BCUT2D eigenvalue weighted by atomic mass is 9.92.